The molecular weight excluding hydrogens is 294 g/mol. The van der Waals surface area contributed by atoms with Crippen LogP contribution >= 0.6 is 0 Å². The number of aromatic nitrogens is 2. The van der Waals surface area contributed by atoms with Crippen LogP contribution in [-0.4, -0.2) is 42.4 Å². The highest BCUT2D eigenvalue weighted by atomic mass is 16.5. The fourth-order valence-electron chi connectivity index (χ4n) is 3.29. The van der Waals surface area contributed by atoms with Crippen LogP contribution in [0.5, 0.6) is 0 Å². The molecule has 1 fully saturated rings. The smallest absolute Gasteiger partial charge is 0.364 e. The summed E-state index contributed by atoms with van der Waals surface area (Å²) >= 11 is 0. The molecule has 0 saturated carbocycles. The number of rotatable bonds is 4. The lowest BCUT2D eigenvalue weighted by Crippen LogP contribution is -3.14. The van der Waals surface area contributed by atoms with Crippen LogP contribution in [0.3, 0.4) is 0 Å². The second-order valence-corrected chi connectivity index (χ2v) is 5.99. The molecule has 120 valence electrons. The minimum absolute atomic E-state index is 0.365. The third-order valence-electron chi connectivity index (χ3n) is 4.51. The number of fused-ring (bicyclic) bond motifs is 3. The number of quaternary nitrogens is 1. The molecule has 1 saturated heterocycles. The molecule has 1 aliphatic heterocycles. The van der Waals surface area contributed by atoms with Gasteiger partial charge in [0, 0.05) is 18.4 Å². The monoisotopic (exact) mass is 314 g/mol. The second-order valence-electron chi connectivity index (χ2n) is 5.99. The Morgan fingerprint density at radius 3 is 2.91 bits per heavy atom. The molecule has 4 rings (SSSR count). The molecular formula is C17H20N3O3+. The summed E-state index contributed by atoms with van der Waals surface area (Å²) in [7, 11) is 0. The first kappa shape index (κ1) is 14.4. The molecule has 0 amide bonds. The molecule has 0 spiro atoms. The number of nitrogens with zero attached hydrogens (tertiary/aromatic N) is 2. The van der Waals surface area contributed by atoms with Gasteiger partial charge in [0.2, 0.25) is 0 Å². The van der Waals surface area contributed by atoms with Gasteiger partial charge in [0.05, 0.1) is 31.6 Å². The Morgan fingerprint density at radius 1 is 1.22 bits per heavy atom. The van der Waals surface area contributed by atoms with Gasteiger partial charge in [-0.25, -0.2) is 9.78 Å². The van der Waals surface area contributed by atoms with Crippen LogP contribution in [0.25, 0.3) is 22.0 Å². The van der Waals surface area contributed by atoms with Gasteiger partial charge in [-0.15, -0.1) is 0 Å². The number of ether oxygens (including phenoxy) is 1. The SMILES string of the molecule is O=c1oc2ccccc2c2c1ncn2CCC[NH+]1CCOCC1. The van der Waals surface area contributed by atoms with Crippen LogP contribution in [0.2, 0.25) is 0 Å². The number of hydrogen-bond acceptors (Lipinski definition) is 4. The molecule has 6 nitrogen and oxygen atoms in total. The summed E-state index contributed by atoms with van der Waals surface area (Å²) in [4.78, 5) is 17.9. The molecule has 3 aromatic rings. The summed E-state index contributed by atoms with van der Waals surface area (Å²) < 4.78 is 12.8. The Balaban J connectivity index is 1.61. The molecule has 6 heteroatoms. The lowest BCUT2D eigenvalue weighted by atomic mass is 10.2. The topological polar surface area (TPSA) is 61.7 Å². The first-order valence-electron chi connectivity index (χ1n) is 8.11. The maximum absolute atomic E-state index is 12.1. The van der Waals surface area contributed by atoms with Gasteiger partial charge < -0.3 is 18.6 Å². The average Bonchev–Trinajstić information content (AvgIpc) is 3.01. The molecule has 0 unspecified atom stereocenters. The number of para-hydroxylation sites is 1. The van der Waals surface area contributed by atoms with Gasteiger partial charge in [-0.2, -0.15) is 0 Å². The van der Waals surface area contributed by atoms with Crippen LogP contribution < -0.4 is 10.5 Å². The zero-order valence-corrected chi connectivity index (χ0v) is 13.0. The van der Waals surface area contributed by atoms with Gasteiger partial charge >= 0.3 is 5.63 Å². The molecule has 0 aliphatic carbocycles. The molecule has 0 radical (unpaired) electrons. The summed E-state index contributed by atoms with van der Waals surface area (Å²) in [6.45, 7) is 5.84. The van der Waals surface area contributed by atoms with Crippen molar-refractivity contribution in [3.05, 3.63) is 41.0 Å². The first-order chi connectivity index (χ1) is 11.3. The molecule has 1 N–H and O–H groups in total. The fraction of sp³-hybridized carbons (Fsp3) is 0.412. The van der Waals surface area contributed by atoms with Crippen molar-refractivity contribution in [3.63, 3.8) is 0 Å². The van der Waals surface area contributed by atoms with E-state index in [0.29, 0.717) is 11.1 Å². The summed E-state index contributed by atoms with van der Waals surface area (Å²) in [5.41, 5.74) is 1.55. The van der Waals surface area contributed by atoms with E-state index in [1.807, 2.05) is 24.3 Å². The van der Waals surface area contributed by atoms with Crippen molar-refractivity contribution < 1.29 is 14.1 Å². The highest BCUT2D eigenvalue weighted by molar-refractivity contribution is 6.00. The van der Waals surface area contributed by atoms with E-state index in [0.717, 1.165) is 56.7 Å². The predicted octanol–water partition coefficient (Wildman–Crippen LogP) is 0.448. The number of aryl methyl sites for hydroxylation is 1. The van der Waals surface area contributed by atoms with E-state index in [2.05, 4.69) is 9.55 Å². The van der Waals surface area contributed by atoms with Gasteiger partial charge in [-0.3, -0.25) is 0 Å². The third kappa shape index (κ3) is 2.75. The summed E-state index contributed by atoms with van der Waals surface area (Å²) in [5, 5.41) is 0.943. The molecule has 1 aromatic carbocycles. The van der Waals surface area contributed by atoms with Crippen molar-refractivity contribution in [1.82, 2.24) is 9.55 Å². The molecule has 3 heterocycles. The van der Waals surface area contributed by atoms with Crippen molar-refractivity contribution >= 4 is 22.0 Å². The van der Waals surface area contributed by atoms with Gasteiger partial charge in [-0.05, 0) is 12.1 Å². The summed E-state index contributed by atoms with van der Waals surface area (Å²) in [6.07, 6.45) is 2.80. The summed E-state index contributed by atoms with van der Waals surface area (Å²) in [6, 6.07) is 7.63. The van der Waals surface area contributed by atoms with E-state index in [-0.39, 0.29) is 5.63 Å². The van der Waals surface area contributed by atoms with Crippen molar-refractivity contribution in [1.29, 1.82) is 0 Å². The fourth-order valence-corrected chi connectivity index (χ4v) is 3.29. The average molecular weight is 314 g/mol. The Kier molecular flexibility index (Phi) is 3.85. The summed E-state index contributed by atoms with van der Waals surface area (Å²) in [5.74, 6) is 0. The Hall–Kier alpha value is -2.18. The largest absolute Gasteiger partial charge is 0.421 e. The Morgan fingerprint density at radius 2 is 2.04 bits per heavy atom. The van der Waals surface area contributed by atoms with Gasteiger partial charge in [0.25, 0.3) is 0 Å². The maximum Gasteiger partial charge on any atom is 0.364 e. The van der Waals surface area contributed by atoms with Crippen LogP contribution in [0.4, 0.5) is 0 Å². The standard InChI is InChI=1S/C17H19N3O3/c21-17-15-16(13-4-1-2-5-14(13)23-17)20(12-18-15)7-3-6-19-8-10-22-11-9-19/h1-2,4-5,12H,3,6-11H2/p+1. The van der Waals surface area contributed by atoms with Gasteiger partial charge in [0.1, 0.15) is 18.7 Å². The lowest BCUT2D eigenvalue weighted by molar-refractivity contribution is -0.908. The van der Waals surface area contributed by atoms with E-state index < -0.39 is 0 Å². The van der Waals surface area contributed by atoms with E-state index in [4.69, 9.17) is 9.15 Å². The van der Waals surface area contributed by atoms with E-state index in [9.17, 15) is 4.79 Å². The first-order valence-corrected chi connectivity index (χ1v) is 8.11. The Labute approximate surface area is 133 Å². The minimum Gasteiger partial charge on any atom is -0.421 e. The minimum atomic E-state index is -0.365. The molecule has 1 aliphatic rings. The molecule has 2 aromatic heterocycles. The Bertz CT molecular complexity index is 878. The van der Waals surface area contributed by atoms with Crippen LogP contribution in [-0.2, 0) is 11.3 Å². The zero-order valence-electron chi connectivity index (χ0n) is 13.0. The number of imidazole rings is 1. The highest BCUT2D eigenvalue weighted by Crippen LogP contribution is 2.21. The van der Waals surface area contributed by atoms with Crippen molar-refractivity contribution in [2.45, 2.75) is 13.0 Å². The predicted molar refractivity (Wildman–Crippen MR) is 86.8 cm³/mol. The van der Waals surface area contributed by atoms with Crippen LogP contribution in [0.15, 0.2) is 39.8 Å². The zero-order chi connectivity index (χ0) is 15.6. The second kappa shape index (κ2) is 6.14. The van der Waals surface area contributed by atoms with E-state index >= 15 is 0 Å². The van der Waals surface area contributed by atoms with Crippen LogP contribution in [0, 0.1) is 0 Å². The number of morpholine rings is 1. The van der Waals surface area contributed by atoms with Crippen LogP contribution in [0.1, 0.15) is 6.42 Å². The van der Waals surface area contributed by atoms with E-state index in [1.54, 1.807) is 11.2 Å². The van der Waals surface area contributed by atoms with Crippen molar-refractivity contribution in [2.75, 3.05) is 32.8 Å². The quantitative estimate of drug-likeness (QED) is 0.710. The lowest BCUT2D eigenvalue weighted by Gasteiger charge is -2.23. The molecule has 0 atom stereocenters. The maximum atomic E-state index is 12.1. The van der Waals surface area contributed by atoms with Crippen molar-refractivity contribution in [3.8, 4) is 0 Å². The normalized spacial score (nSPS) is 16.3. The van der Waals surface area contributed by atoms with Gasteiger partial charge in [-0.1, -0.05) is 12.1 Å². The number of benzene rings is 1. The third-order valence-corrected chi connectivity index (χ3v) is 4.51. The van der Waals surface area contributed by atoms with Gasteiger partial charge in [0.15, 0.2) is 5.52 Å². The van der Waals surface area contributed by atoms with E-state index in [1.165, 1.54) is 0 Å². The highest BCUT2D eigenvalue weighted by Gasteiger charge is 2.15. The molecule has 23 heavy (non-hydrogen) atoms. The van der Waals surface area contributed by atoms with Crippen molar-refractivity contribution in [2.24, 2.45) is 0 Å². The number of nitrogens with one attached hydrogen (secondary N) is 1. The molecule has 0 bridgehead atoms. The number of hydrogen-bond donors (Lipinski definition) is 1.